The number of carboxylic acid groups (broad SMARTS) is 1. The molecule has 0 heterocycles. The summed E-state index contributed by atoms with van der Waals surface area (Å²) in [5, 5.41) is 12.3. The van der Waals surface area contributed by atoms with Gasteiger partial charge in [-0.3, -0.25) is 4.79 Å². The average molecular weight is 449 g/mol. The zero-order valence-corrected chi connectivity index (χ0v) is 18.1. The standard InChI is InChI=1S/C26H24FNO5/c1-32-24-10-8-17(12-22(24)27)14-28-25(29)21-13-18(9-11-23(21)33-15-16-6-7-16)19-4-2-3-5-20(19)26(30)31/h2-5,8-13,16H,6-7,14-15H2,1H3,(H,28,29)(H,30,31). The molecule has 0 radical (unpaired) electrons. The Kier molecular flexibility index (Phi) is 6.58. The third-order valence-corrected chi connectivity index (χ3v) is 5.53. The zero-order chi connectivity index (χ0) is 23.4. The van der Waals surface area contributed by atoms with E-state index in [1.807, 2.05) is 0 Å². The highest BCUT2D eigenvalue weighted by Crippen LogP contribution is 2.33. The number of carbonyl (C=O) groups is 2. The van der Waals surface area contributed by atoms with E-state index in [1.54, 1.807) is 42.5 Å². The fourth-order valence-corrected chi connectivity index (χ4v) is 3.51. The van der Waals surface area contributed by atoms with Crippen LogP contribution in [0.3, 0.4) is 0 Å². The van der Waals surface area contributed by atoms with Crippen molar-refractivity contribution in [3.8, 4) is 22.6 Å². The quantitative estimate of drug-likeness (QED) is 0.485. The third kappa shape index (κ3) is 5.31. The minimum atomic E-state index is -1.05. The van der Waals surface area contributed by atoms with Gasteiger partial charge in [0.25, 0.3) is 5.91 Å². The van der Waals surface area contributed by atoms with Gasteiger partial charge in [0.15, 0.2) is 11.6 Å². The Morgan fingerprint density at radius 1 is 1.03 bits per heavy atom. The molecule has 170 valence electrons. The van der Waals surface area contributed by atoms with Crippen molar-refractivity contribution < 1.29 is 28.6 Å². The second-order valence-corrected chi connectivity index (χ2v) is 7.97. The molecule has 0 aromatic heterocycles. The molecule has 3 aromatic carbocycles. The molecule has 1 fully saturated rings. The molecule has 2 N–H and O–H groups in total. The lowest BCUT2D eigenvalue weighted by Crippen LogP contribution is -2.24. The monoisotopic (exact) mass is 449 g/mol. The molecule has 6 nitrogen and oxygen atoms in total. The molecule has 1 aliphatic rings. The molecule has 3 aromatic rings. The first-order chi connectivity index (χ1) is 16.0. The van der Waals surface area contributed by atoms with Gasteiger partial charge in [0, 0.05) is 6.54 Å². The summed E-state index contributed by atoms with van der Waals surface area (Å²) in [7, 11) is 1.39. The Morgan fingerprint density at radius 3 is 2.48 bits per heavy atom. The number of nitrogens with one attached hydrogen (secondary N) is 1. The minimum absolute atomic E-state index is 0.109. The van der Waals surface area contributed by atoms with Crippen LogP contribution < -0.4 is 14.8 Å². The van der Waals surface area contributed by atoms with Crippen LogP contribution in [0.2, 0.25) is 0 Å². The summed E-state index contributed by atoms with van der Waals surface area (Å²) in [4.78, 5) is 24.7. The molecule has 1 aliphatic carbocycles. The Balaban J connectivity index is 1.61. The molecule has 4 rings (SSSR count). The molecule has 0 bridgehead atoms. The number of halogens is 1. The lowest BCUT2D eigenvalue weighted by Gasteiger charge is -2.15. The second-order valence-electron chi connectivity index (χ2n) is 7.97. The van der Waals surface area contributed by atoms with Gasteiger partial charge in [-0.15, -0.1) is 0 Å². The van der Waals surface area contributed by atoms with Gasteiger partial charge in [-0.2, -0.15) is 0 Å². The second kappa shape index (κ2) is 9.73. The van der Waals surface area contributed by atoms with E-state index in [9.17, 15) is 19.1 Å². The first-order valence-corrected chi connectivity index (χ1v) is 10.7. The van der Waals surface area contributed by atoms with Gasteiger partial charge < -0.3 is 19.9 Å². The van der Waals surface area contributed by atoms with Crippen LogP contribution in [0.4, 0.5) is 4.39 Å². The lowest BCUT2D eigenvalue weighted by molar-refractivity contribution is 0.0697. The summed E-state index contributed by atoms with van der Waals surface area (Å²) in [5.74, 6) is -0.901. The van der Waals surface area contributed by atoms with Gasteiger partial charge in [0.2, 0.25) is 0 Å². The van der Waals surface area contributed by atoms with Gasteiger partial charge in [0.1, 0.15) is 5.75 Å². The van der Waals surface area contributed by atoms with Crippen molar-refractivity contribution in [3.05, 3.63) is 83.2 Å². The van der Waals surface area contributed by atoms with Crippen molar-refractivity contribution in [2.75, 3.05) is 13.7 Å². The number of carboxylic acids is 1. The molecule has 0 aliphatic heterocycles. The molecule has 33 heavy (non-hydrogen) atoms. The van der Waals surface area contributed by atoms with Crippen LogP contribution in [-0.2, 0) is 6.54 Å². The number of ether oxygens (including phenoxy) is 2. The summed E-state index contributed by atoms with van der Waals surface area (Å²) >= 11 is 0. The largest absolute Gasteiger partial charge is 0.494 e. The van der Waals surface area contributed by atoms with Gasteiger partial charge in [-0.05, 0) is 65.8 Å². The van der Waals surface area contributed by atoms with Crippen molar-refractivity contribution >= 4 is 11.9 Å². The van der Waals surface area contributed by atoms with Crippen LogP contribution in [0, 0.1) is 11.7 Å². The van der Waals surface area contributed by atoms with E-state index < -0.39 is 17.7 Å². The van der Waals surface area contributed by atoms with Gasteiger partial charge >= 0.3 is 5.97 Å². The van der Waals surface area contributed by atoms with Gasteiger partial charge in [-0.25, -0.2) is 9.18 Å². The highest BCUT2D eigenvalue weighted by molar-refractivity contribution is 6.00. The van der Waals surface area contributed by atoms with Crippen molar-refractivity contribution in [3.63, 3.8) is 0 Å². The van der Waals surface area contributed by atoms with E-state index in [1.165, 1.54) is 25.3 Å². The van der Waals surface area contributed by atoms with Gasteiger partial charge in [-0.1, -0.05) is 30.3 Å². The van der Waals surface area contributed by atoms with Crippen LogP contribution in [0.25, 0.3) is 11.1 Å². The SMILES string of the molecule is COc1ccc(CNC(=O)c2cc(-c3ccccc3C(=O)O)ccc2OCC2CC2)cc1F. The predicted octanol–water partition coefficient (Wildman–Crippen LogP) is 4.92. The summed E-state index contributed by atoms with van der Waals surface area (Å²) in [6.45, 7) is 0.632. The Bertz CT molecular complexity index is 1190. The Morgan fingerprint density at radius 2 is 1.79 bits per heavy atom. The molecule has 0 saturated heterocycles. The molecule has 0 unspecified atom stereocenters. The van der Waals surface area contributed by atoms with E-state index in [-0.39, 0.29) is 17.9 Å². The van der Waals surface area contributed by atoms with Crippen LogP contribution in [0.15, 0.2) is 60.7 Å². The first kappa shape index (κ1) is 22.3. The molecule has 0 spiro atoms. The fraction of sp³-hybridized carbons (Fsp3) is 0.231. The van der Waals surface area contributed by atoms with E-state index in [0.717, 1.165) is 12.8 Å². The van der Waals surface area contributed by atoms with E-state index in [0.29, 0.717) is 40.5 Å². The van der Waals surface area contributed by atoms with E-state index >= 15 is 0 Å². The molecule has 1 saturated carbocycles. The fourth-order valence-electron chi connectivity index (χ4n) is 3.51. The summed E-state index contributed by atoms with van der Waals surface area (Å²) in [6.07, 6.45) is 2.21. The Hall–Kier alpha value is -3.87. The predicted molar refractivity (Wildman–Crippen MR) is 121 cm³/mol. The van der Waals surface area contributed by atoms with Crippen LogP contribution in [0.5, 0.6) is 11.5 Å². The molecule has 7 heteroatoms. The van der Waals surface area contributed by atoms with E-state index in [2.05, 4.69) is 5.32 Å². The minimum Gasteiger partial charge on any atom is -0.494 e. The smallest absolute Gasteiger partial charge is 0.336 e. The number of rotatable bonds is 9. The van der Waals surface area contributed by atoms with Crippen molar-refractivity contribution in [2.45, 2.75) is 19.4 Å². The van der Waals surface area contributed by atoms with Crippen LogP contribution in [0.1, 0.15) is 39.1 Å². The maximum atomic E-state index is 14.0. The number of methoxy groups -OCH3 is 1. The maximum absolute atomic E-state index is 14.0. The van der Waals surface area contributed by atoms with E-state index in [4.69, 9.17) is 9.47 Å². The van der Waals surface area contributed by atoms with Gasteiger partial charge in [0.05, 0.1) is 24.8 Å². The summed E-state index contributed by atoms with van der Waals surface area (Å²) in [6, 6.07) is 16.2. The number of benzene rings is 3. The van der Waals surface area contributed by atoms with Crippen LogP contribution in [-0.4, -0.2) is 30.7 Å². The number of hydrogen-bond donors (Lipinski definition) is 2. The van der Waals surface area contributed by atoms with Crippen molar-refractivity contribution in [1.29, 1.82) is 0 Å². The number of aromatic carboxylic acids is 1. The highest BCUT2D eigenvalue weighted by atomic mass is 19.1. The summed E-state index contributed by atoms with van der Waals surface area (Å²) in [5.41, 5.74) is 2.11. The third-order valence-electron chi connectivity index (χ3n) is 5.53. The molecular formula is C26H24FNO5. The van der Waals surface area contributed by atoms with Crippen molar-refractivity contribution in [2.24, 2.45) is 5.92 Å². The maximum Gasteiger partial charge on any atom is 0.336 e. The Labute approximate surface area is 191 Å². The lowest BCUT2D eigenvalue weighted by atomic mass is 9.97. The highest BCUT2D eigenvalue weighted by Gasteiger charge is 2.24. The average Bonchev–Trinajstić information content (AvgIpc) is 3.66. The normalized spacial score (nSPS) is 12.8. The van der Waals surface area contributed by atoms with Crippen molar-refractivity contribution in [1.82, 2.24) is 5.32 Å². The molecule has 0 atom stereocenters. The number of amides is 1. The molecular weight excluding hydrogens is 425 g/mol. The first-order valence-electron chi connectivity index (χ1n) is 10.7. The molecule has 1 amide bonds. The number of hydrogen-bond acceptors (Lipinski definition) is 4. The number of carbonyl (C=O) groups excluding carboxylic acids is 1. The topological polar surface area (TPSA) is 84.9 Å². The summed E-state index contributed by atoms with van der Waals surface area (Å²) < 4.78 is 24.8. The zero-order valence-electron chi connectivity index (χ0n) is 18.1. The van der Waals surface area contributed by atoms with Crippen LogP contribution >= 0.6 is 0 Å².